The summed E-state index contributed by atoms with van der Waals surface area (Å²) < 4.78 is 4.71. The van der Waals surface area contributed by atoms with E-state index >= 15 is 0 Å². The Bertz CT molecular complexity index is 319. The van der Waals surface area contributed by atoms with E-state index in [2.05, 4.69) is 10.2 Å². The zero-order valence-corrected chi connectivity index (χ0v) is 9.92. The molecule has 0 aromatic carbocycles. The van der Waals surface area contributed by atoms with Gasteiger partial charge in [0.05, 0.1) is 13.2 Å². The topological polar surface area (TPSA) is 108 Å². The Hall–Kier alpha value is -1.86. The molecule has 1 amide bonds. The SMILES string of the molecule is O=C(CCCCCO[N+](=O)[O-])N[C@H]1CCOC1=O. The van der Waals surface area contributed by atoms with Gasteiger partial charge in [-0.2, -0.15) is 0 Å². The van der Waals surface area contributed by atoms with Crippen LogP contribution in [0.3, 0.4) is 0 Å². The molecule has 0 spiro atoms. The molecule has 1 N–H and O–H groups in total. The molecular formula is C10H16N2O6. The predicted octanol–water partition coefficient (Wildman–Crippen LogP) is 0.187. The van der Waals surface area contributed by atoms with Gasteiger partial charge < -0.3 is 14.9 Å². The number of unbranched alkanes of at least 4 members (excludes halogenated alkanes) is 2. The Labute approximate surface area is 104 Å². The van der Waals surface area contributed by atoms with Gasteiger partial charge in [-0.25, -0.2) is 4.79 Å². The number of nitrogens with one attached hydrogen (secondary N) is 1. The first-order chi connectivity index (χ1) is 8.59. The van der Waals surface area contributed by atoms with Crippen LogP contribution in [0.25, 0.3) is 0 Å². The molecule has 0 saturated carbocycles. The van der Waals surface area contributed by atoms with Gasteiger partial charge >= 0.3 is 5.97 Å². The molecule has 0 unspecified atom stereocenters. The minimum absolute atomic E-state index is 0.0452. The van der Waals surface area contributed by atoms with Crippen LogP contribution in [0.5, 0.6) is 0 Å². The van der Waals surface area contributed by atoms with E-state index in [0.717, 1.165) is 0 Å². The van der Waals surface area contributed by atoms with Crippen molar-refractivity contribution in [3.05, 3.63) is 10.1 Å². The standard InChI is InChI=1S/C10H16N2O6/c13-9(11-8-5-7-17-10(8)14)4-2-1-3-6-18-12(15)16/h8H,1-7H2,(H,11,13)/t8-/m0/s1. The maximum absolute atomic E-state index is 11.4. The fourth-order valence-corrected chi connectivity index (χ4v) is 1.60. The van der Waals surface area contributed by atoms with Crippen LogP contribution >= 0.6 is 0 Å². The zero-order valence-electron chi connectivity index (χ0n) is 9.92. The molecule has 8 nitrogen and oxygen atoms in total. The molecule has 8 heteroatoms. The number of hydrogen-bond acceptors (Lipinski definition) is 6. The highest BCUT2D eigenvalue weighted by atomic mass is 16.9. The van der Waals surface area contributed by atoms with Crippen molar-refractivity contribution in [2.75, 3.05) is 13.2 Å². The minimum atomic E-state index is -0.835. The Morgan fingerprint density at radius 3 is 2.89 bits per heavy atom. The Kier molecular flexibility index (Phi) is 5.89. The highest BCUT2D eigenvalue weighted by Crippen LogP contribution is 2.07. The predicted molar refractivity (Wildman–Crippen MR) is 58.9 cm³/mol. The molecule has 1 fully saturated rings. The van der Waals surface area contributed by atoms with E-state index in [4.69, 9.17) is 4.74 Å². The van der Waals surface area contributed by atoms with E-state index in [1.54, 1.807) is 0 Å². The molecule has 1 saturated heterocycles. The summed E-state index contributed by atoms with van der Waals surface area (Å²) in [7, 11) is 0. The van der Waals surface area contributed by atoms with Gasteiger partial charge in [0.25, 0.3) is 5.09 Å². The maximum atomic E-state index is 11.4. The third-order valence-corrected chi connectivity index (χ3v) is 2.52. The van der Waals surface area contributed by atoms with Crippen molar-refractivity contribution in [3.8, 4) is 0 Å². The molecule has 0 aromatic rings. The molecule has 1 heterocycles. The average Bonchev–Trinajstić information content (AvgIpc) is 2.69. The van der Waals surface area contributed by atoms with Crippen LogP contribution < -0.4 is 5.32 Å². The summed E-state index contributed by atoms with van der Waals surface area (Å²) >= 11 is 0. The zero-order chi connectivity index (χ0) is 13.4. The fourth-order valence-electron chi connectivity index (χ4n) is 1.60. The lowest BCUT2D eigenvalue weighted by molar-refractivity contribution is -0.757. The fraction of sp³-hybridized carbons (Fsp3) is 0.800. The summed E-state index contributed by atoms with van der Waals surface area (Å²) in [6.45, 7) is 0.394. The normalized spacial score (nSPS) is 18.2. The Morgan fingerprint density at radius 1 is 1.50 bits per heavy atom. The molecule has 1 aliphatic heterocycles. The number of ether oxygens (including phenoxy) is 1. The van der Waals surface area contributed by atoms with Crippen LogP contribution in [0.1, 0.15) is 32.1 Å². The minimum Gasteiger partial charge on any atom is -0.464 e. The summed E-state index contributed by atoms with van der Waals surface area (Å²) in [5, 5.41) is 11.6. The third-order valence-electron chi connectivity index (χ3n) is 2.52. The number of carbonyl (C=O) groups is 2. The van der Waals surface area contributed by atoms with Gasteiger partial charge in [-0.3, -0.25) is 4.79 Å². The van der Waals surface area contributed by atoms with Crippen LogP contribution in [-0.4, -0.2) is 36.2 Å². The smallest absolute Gasteiger partial charge is 0.328 e. The van der Waals surface area contributed by atoms with Gasteiger partial charge in [0.1, 0.15) is 6.04 Å². The van der Waals surface area contributed by atoms with Crippen molar-refractivity contribution < 1.29 is 24.3 Å². The van der Waals surface area contributed by atoms with Gasteiger partial charge in [0.2, 0.25) is 5.91 Å². The lowest BCUT2D eigenvalue weighted by Crippen LogP contribution is -2.37. The number of esters is 1. The lowest BCUT2D eigenvalue weighted by atomic mass is 10.2. The molecule has 102 valence electrons. The van der Waals surface area contributed by atoms with Gasteiger partial charge in [0.15, 0.2) is 0 Å². The number of cyclic esters (lactones) is 1. The van der Waals surface area contributed by atoms with Gasteiger partial charge in [-0.15, -0.1) is 10.1 Å². The van der Waals surface area contributed by atoms with Crippen molar-refractivity contribution in [1.82, 2.24) is 5.32 Å². The number of nitrogens with zero attached hydrogens (tertiary/aromatic N) is 1. The van der Waals surface area contributed by atoms with Crippen molar-refractivity contribution >= 4 is 11.9 Å². The highest BCUT2D eigenvalue weighted by molar-refractivity contribution is 5.85. The third kappa shape index (κ3) is 5.46. The summed E-state index contributed by atoms with van der Waals surface area (Å²) in [6.07, 6.45) is 2.61. The van der Waals surface area contributed by atoms with E-state index in [0.29, 0.717) is 38.7 Å². The van der Waals surface area contributed by atoms with Crippen molar-refractivity contribution in [2.45, 2.75) is 38.1 Å². The van der Waals surface area contributed by atoms with E-state index in [1.807, 2.05) is 0 Å². The number of amides is 1. The summed E-state index contributed by atoms with van der Waals surface area (Å²) in [5.41, 5.74) is 0. The summed E-state index contributed by atoms with van der Waals surface area (Å²) in [5.74, 6) is -0.586. The van der Waals surface area contributed by atoms with Gasteiger partial charge in [0, 0.05) is 12.8 Å². The first-order valence-corrected chi connectivity index (χ1v) is 5.83. The van der Waals surface area contributed by atoms with Gasteiger partial charge in [-0.05, 0) is 12.8 Å². The van der Waals surface area contributed by atoms with Crippen molar-refractivity contribution in [2.24, 2.45) is 0 Å². The average molecular weight is 260 g/mol. The van der Waals surface area contributed by atoms with Crippen LogP contribution in [0.4, 0.5) is 0 Å². The van der Waals surface area contributed by atoms with Crippen LogP contribution in [0.15, 0.2) is 0 Å². The number of hydrogen-bond donors (Lipinski definition) is 1. The first-order valence-electron chi connectivity index (χ1n) is 5.83. The second-order valence-corrected chi connectivity index (χ2v) is 3.94. The molecule has 0 aliphatic carbocycles. The van der Waals surface area contributed by atoms with E-state index < -0.39 is 11.1 Å². The largest absolute Gasteiger partial charge is 0.464 e. The summed E-state index contributed by atoms with van der Waals surface area (Å²) in [4.78, 5) is 36.5. The molecular weight excluding hydrogens is 244 g/mol. The number of carbonyl (C=O) groups excluding carboxylic acids is 2. The first kappa shape index (κ1) is 14.2. The van der Waals surface area contributed by atoms with E-state index in [1.165, 1.54) is 0 Å². The highest BCUT2D eigenvalue weighted by Gasteiger charge is 2.27. The monoisotopic (exact) mass is 260 g/mol. The number of rotatable bonds is 8. The van der Waals surface area contributed by atoms with Gasteiger partial charge in [-0.1, -0.05) is 6.42 Å². The van der Waals surface area contributed by atoms with Crippen LogP contribution in [-0.2, 0) is 19.2 Å². The lowest BCUT2D eigenvalue weighted by Gasteiger charge is -2.08. The summed E-state index contributed by atoms with van der Waals surface area (Å²) in [6, 6.07) is -0.518. The molecule has 1 aliphatic rings. The van der Waals surface area contributed by atoms with E-state index in [-0.39, 0.29) is 18.5 Å². The molecule has 1 rings (SSSR count). The van der Waals surface area contributed by atoms with Crippen molar-refractivity contribution in [1.29, 1.82) is 0 Å². The second-order valence-electron chi connectivity index (χ2n) is 3.94. The van der Waals surface area contributed by atoms with Crippen LogP contribution in [0, 0.1) is 10.1 Å². The molecule has 0 bridgehead atoms. The molecule has 0 aromatic heterocycles. The molecule has 0 radical (unpaired) electrons. The van der Waals surface area contributed by atoms with Crippen molar-refractivity contribution in [3.63, 3.8) is 0 Å². The maximum Gasteiger partial charge on any atom is 0.328 e. The molecule has 18 heavy (non-hydrogen) atoms. The second kappa shape index (κ2) is 7.46. The Balaban J connectivity index is 2.00. The van der Waals surface area contributed by atoms with E-state index in [9.17, 15) is 19.7 Å². The quantitative estimate of drug-likeness (QED) is 0.289. The van der Waals surface area contributed by atoms with Crippen LogP contribution in [0.2, 0.25) is 0 Å². The molecule has 1 atom stereocenters. The Morgan fingerprint density at radius 2 is 2.28 bits per heavy atom.